The van der Waals surface area contributed by atoms with Crippen molar-refractivity contribution < 1.29 is 4.79 Å². The summed E-state index contributed by atoms with van der Waals surface area (Å²) in [7, 11) is 1.92. The van der Waals surface area contributed by atoms with Gasteiger partial charge in [0.25, 0.3) is 0 Å². The molecule has 1 unspecified atom stereocenters. The van der Waals surface area contributed by atoms with Gasteiger partial charge < -0.3 is 9.47 Å². The van der Waals surface area contributed by atoms with Crippen molar-refractivity contribution in [1.82, 2.24) is 24.6 Å². The number of aromatic nitrogens is 4. The van der Waals surface area contributed by atoms with Crippen LogP contribution in [0.15, 0.2) is 29.7 Å². The SMILES string of the molecule is CC1CCN(C(=O)C(C)Sc2nnc(-c3cccnc3)n2C)CC1. The van der Waals surface area contributed by atoms with Crippen LogP contribution in [0.2, 0.25) is 0 Å². The molecule has 1 atom stereocenters. The van der Waals surface area contributed by atoms with E-state index < -0.39 is 0 Å². The van der Waals surface area contributed by atoms with Gasteiger partial charge in [-0.3, -0.25) is 9.78 Å². The van der Waals surface area contributed by atoms with Crippen LogP contribution in [0.3, 0.4) is 0 Å². The van der Waals surface area contributed by atoms with Gasteiger partial charge in [-0.05, 0) is 37.8 Å². The monoisotopic (exact) mass is 345 g/mol. The van der Waals surface area contributed by atoms with Gasteiger partial charge in [-0.2, -0.15) is 0 Å². The number of thioether (sulfide) groups is 1. The van der Waals surface area contributed by atoms with E-state index in [1.165, 1.54) is 11.8 Å². The number of carbonyl (C=O) groups excluding carboxylic acids is 1. The van der Waals surface area contributed by atoms with Crippen molar-refractivity contribution in [1.29, 1.82) is 0 Å². The summed E-state index contributed by atoms with van der Waals surface area (Å²) in [5, 5.41) is 9.08. The van der Waals surface area contributed by atoms with E-state index in [0.717, 1.165) is 48.4 Å². The molecule has 1 aliphatic heterocycles. The zero-order valence-corrected chi connectivity index (χ0v) is 15.2. The largest absolute Gasteiger partial charge is 0.342 e. The standard InChI is InChI=1S/C17H23N5OS/c1-12-6-9-22(10-7-12)16(23)13(2)24-17-20-19-15(21(17)3)14-5-4-8-18-11-14/h4-5,8,11-13H,6-7,9-10H2,1-3H3. The first-order valence-corrected chi connectivity index (χ1v) is 9.19. The average molecular weight is 345 g/mol. The van der Waals surface area contributed by atoms with Crippen LogP contribution in [0.4, 0.5) is 0 Å². The number of nitrogens with zero attached hydrogens (tertiary/aromatic N) is 5. The van der Waals surface area contributed by atoms with Gasteiger partial charge in [-0.25, -0.2) is 0 Å². The van der Waals surface area contributed by atoms with E-state index in [1.807, 2.05) is 35.6 Å². The third kappa shape index (κ3) is 3.61. The molecule has 24 heavy (non-hydrogen) atoms. The Morgan fingerprint density at radius 3 is 2.75 bits per heavy atom. The summed E-state index contributed by atoms with van der Waals surface area (Å²) in [5.74, 6) is 1.67. The Balaban J connectivity index is 1.68. The lowest BCUT2D eigenvalue weighted by molar-refractivity contribution is -0.131. The van der Waals surface area contributed by atoms with Crippen LogP contribution in [0.25, 0.3) is 11.4 Å². The molecule has 1 saturated heterocycles. The molecule has 0 aliphatic carbocycles. The van der Waals surface area contributed by atoms with E-state index in [-0.39, 0.29) is 11.2 Å². The Morgan fingerprint density at radius 2 is 2.08 bits per heavy atom. The van der Waals surface area contributed by atoms with Gasteiger partial charge >= 0.3 is 0 Å². The summed E-state index contributed by atoms with van der Waals surface area (Å²) in [5.41, 5.74) is 0.920. The average Bonchev–Trinajstić information content (AvgIpc) is 2.96. The summed E-state index contributed by atoms with van der Waals surface area (Å²) < 4.78 is 1.92. The van der Waals surface area contributed by atoms with E-state index in [4.69, 9.17) is 0 Å². The molecule has 0 N–H and O–H groups in total. The number of amides is 1. The maximum Gasteiger partial charge on any atom is 0.235 e. The van der Waals surface area contributed by atoms with Crippen LogP contribution in [0.1, 0.15) is 26.7 Å². The van der Waals surface area contributed by atoms with E-state index in [9.17, 15) is 4.79 Å². The van der Waals surface area contributed by atoms with E-state index >= 15 is 0 Å². The zero-order chi connectivity index (χ0) is 17.1. The van der Waals surface area contributed by atoms with Crippen LogP contribution in [-0.2, 0) is 11.8 Å². The van der Waals surface area contributed by atoms with Crippen molar-refractivity contribution in [3.8, 4) is 11.4 Å². The minimum absolute atomic E-state index is 0.164. The highest BCUT2D eigenvalue weighted by atomic mass is 32.2. The first kappa shape index (κ1) is 17.0. The first-order chi connectivity index (χ1) is 11.6. The van der Waals surface area contributed by atoms with Gasteiger partial charge in [0.2, 0.25) is 5.91 Å². The number of likely N-dealkylation sites (tertiary alicyclic amines) is 1. The van der Waals surface area contributed by atoms with Gasteiger partial charge in [-0.1, -0.05) is 18.7 Å². The molecule has 7 heteroatoms. The fraction of sp³-hybridized carbons (Fsp3) is 0.529. The van der Waals surface area contributed by atoms with Gasteiger partial charge in [0.15, 0.2) is 11.0 Å². The minimum atomic E-state index is -0.164. The number of carbonyl (C=O) groups is 1. The van der Waals surface area contributed by atoms with E-state index in [0.29, 0.717) is 0 Å². The smallest absolute Gasteiger partial charge is 0.235 e. The summed E-state index contributed by atoms with van der Waals surface area (Å²) >= 11 is 1.47. The van der Waals surface area contributed by atoms with E-state index in [2.05, 4.69) is 22.1 Å². The topological polar surface area (TPSA) is 63.9 Å². The number of piperidine rings is 1. The molecule has 128 valence electrons. The highest BCUT2D eigenvalue weighted by Crippen LogP contribution is 2.27. The molecular formula is C17H23N5OS. The quantitative estimate of drug-likeness (QED) is 0.797. The minimum Gasteiger partial charge on any atom is -0.342 e. The molecule has 2 aromatic rings. The Kier molecular flexibility index (Phi) is 5.18. The molecule has 0 spiro atoms. The fourth-order valence-corrected chi connectivity index (χ4v) is 3.76. The highest BCUT2D eigenvalue weighted by molar-refractivity contribution is 8.00. The van der Waals surface area contributed by atoms with E-state index in [1.54, 1.807) is 12.4 Å². The zero-order valence-electron chi connectivity index (χ0n) is 14.3. The number of rotatable bonds is 4. The fourth-order valence-electron chi connectivity index (χ4n) is 2.86. The molecule has 1 amide bonds. The first-order valence-electron chi connectivity index (χ1n) is 8.31. The van der Waals surface area contributed by atoms with Crippen molar-refractivity contribution in [2.45, 2.75) is 37.1 Å². The van der Waals surface area contributed by atoms with Crippen LogP contribution >= 0.6 is 11.8 Å². The molecule has 0 bridgehead atoms. The molecule has 0 radical (unpaired) electrons. The van der Waals surface area contributed by atoms with Gasteiger partial charge in [-0.15, -0.1) is 10.2 Å². The van der Waals surface area contributed by atoms with Crippen molar-refractivity contribution in [2.24, 2.45) is 13.0 Å². The molecule has 0 saturated carbocycles. The predicted octanol–water partition coefficient (Wildman–Crippen LogP) is 2.62. The molecule has 1 aliphatic rings. The number of hydrogen-bond donors (Lipinski definition) is 0. The summed E-state index contributed by atoms with van der Waals surface area (Å²) in [6.07, 6.45) is 5.69. The molecule has 6 nitrogen and oxygen atoms in total. The molecular weight excluding hydrogens is 322 g/mol. The van der Waals surface area contributed by atoms with Gasteiger partial charge in [0.05, 0.1) is 5.25 Å². The normalized spacial score (nSPS) is 17.0. The lowest BCUT2D eigenvalue weighted by atomic mass is 9.99. The molecule has 0 aromatic carbocycles. The van der Waals surface area contributed by atoms with Crippen molar-refractivity contribution in [2.75, 3.05) is 13.1 Å². The lowest BCUT2D eigenvalue weighted by Gasteiger charge is -2.31. The summed E-state index contributed by atoms with van der Waals surface area (Å²) in [4.78, 5) is 18.7. The third-order valence-corrected chi connectivity index (χ3v) is 5.60. The maximum absolute atomic E-state index is 12.6. The molecule has 3 rings (SSSR count). The van der Waals surface area contributed by atoms with Crippen LogP contribution in [-0.4, -0.2) is 48.9 Å². The van der Waals surface area contributed by atoms with Crippen molar-refractivity contribution in [3.63, 3.8) is 0 Å². The van der Waals surface area contributed by atoms with Crippen LogP contribution in [0.5, 0.6) is 0 Å². The van der Waals surface area contributed by atoms with Crippen molar-refractivity contribution >= 4 is 17.7 Å². The van der Waals surface area contributed by atoms with Crippen molar-refractivity contribution in [3.05, 3.63) is 24.5 Å². The molecule has 2 aromatic heterocycles. The second-order valence-corrected chi connectivity index (χ2v) is 7.68. The number of hydrogen-bond acceptors (Lipinski definition) is 5. The lowest BCUT2D eigenvalue weighted by Crippen LogP contribution is -2.41. The molecule has 3 heterocycles. The summed E-state index contributed by atoms with van der Waals surface area (Å²) in [6, 6.07) is 3.83. The Labute approximate surface area is 146 Å². The third-order valence-electron chi connectivity index (χ3n) is 4.48. The Bertz CT molecular complexity index is 694. The number of pyridine rings is 1. The summed E-state index contributed by atoms with van der Waals surface area (Å²) in [6.45, 7) is 5.93. The molecule has 1 fully saturated rings. The van der Waals surface area contributed by atoms with Gasteiger partial charge in [0, 0.05) is 38.1 Å². The maximum atomic E-state index is 12.6. The van der Waals surface area contributed by atoms with Crippen LogP contribution in [0, 0.1) is 5.92 Å². The van der Waals surface area contributed by atoms with Gasteiger partial charge in [0.1, 0.15) is 0 Å². The highest BCUT2D eigenvalue weighted by Gasteiger charge is 2.26. The predicted molar refractivity (Wildman–Crippen MR) is 94.5 cm³/mol. The Hall–Kier alpha value is -1.89. The van der Waals surface area contributed by atoms with Crippen LogP contribution < -0.4 is 0 Å². The Morgan fingerprint density at radius 1 is 1.33 bits per heavy atom. The second-order valence-electron chi connectivity index (χ2n) is 6.37. The second kappa shape index (κ2) is 7.34.